The maximum absolute atomic E-state index is 5.96. The molecule has 3 aromatic rings. The largest absolute Gasteiger partial charge is 0.497 e. The summed E-state index contributed by atoms with van der Waals surface area (Å²) in [6.45, 7) is 0. The number of hydrogen-bond acceptors (Lipinski definition) is 5. The van der Waals surface area contributed by atoms with E-state index in [9.17, 15) is 0 Å². The highest BCUT2D eigenvalue weighted by atomic mass is 35.5. The molecule has 21 heavy (non-hydrogen) atoms. The van der Waals surface area contributed by atoms with Gasteiger partial charge in [0.2, 0.25) is 0 Å². The molecule has 0 aliphatic heterocycles. The van der Waals surface area contributed by atoms with Crippen LogP contribution in [-0.4, -0.2) is 27.3 Å². The second kappa shape index (κ2) is 5.80. The first-order valence-corrected chi connectivity index (χ1v) is 6.59. The molecule has 0 aliphatic carbocycles. The average molecular weight is 302 g/mol. The summed E-state index contributed by atoms with van der Waals surface area (Å²) in [5.41, 5.74) is 1.64. The number of anilines is 2. The van der Waals surface area contributed by atoms with E-state index in [1.807, 2.05) is 36.4 Å². The Kier molecular flexibility index (Phi) is 3.70. The summed E-state index contributed by atoms with van der Waals surface area (Å²) in [4.78, 5) is 0. The molecule has 0 bridgehead atoms. The van der Waals surface area contributed by atoms with Crippen LogP contribution in [0.3, 0.4) is 0 Å². The van der Waals surface area contributed by atoms with Gasteiger partial charge in [-0.3, -0.25) is 0 Å². The lowest BCUT2D eigenvalue weighted by Gasteiger charge is -2.08. The van der Waals surface area contributed by atoms with Crippen LogP contribution < -0.4 is 10.1 Å². The van der Waals surface area contributed by atoms with Crippen LogP contribution in [-0.2, 0) is 0 Å². The minimum absolute atomic E-state index is 0.502. The minimum atomic E-state index is 0.502. The zero-order chi connectivity index (χ0) is 14.7. The molecule has 2 aromatic carbocycles. The van der Waals surface area contributed by atoms with Gasteiger partial charge in [-0.25, -0.2) is 0 Å². The summed E-state index contributed by atoms with van der Waals surface area (Å²) in [6, 6.07) is 14.8. The van der Waals surface area contributed by atoms with Crippen molar-refractivity contribution in [2.45, 2.75) is 0 Å². The molecule has 0 amide bonds. The van der Waals surface area contributed by atoms with Gasteiger partial charge in [0.05, 0.1) is 12.8 Å². The van der Waals surface area contributed by atoms with Crippen LogP contribution in [0.1, 0.15) is 0 Å². The molecule has 0 radical (unpaired) electrons. The number of rotatable bonds is 4. The highest BCUT2D eigenvalue weighted by Crippen LogP contribution is 2.21. The fourth-order valence-electron chi connectivity index (χ4n) is 1.86. The van der Waals surface area contributed by atoms with Crippen molar-refractivity contribution < 1.29 is 4.74 Å². The van der Waals surface area contributed by atoms with Crippen molar-refractivity contribution in [3.8, 4) is 11.4 Å². The number of nitrogens with zero attached hydrogens (tertiary/aromatic N) is 4. The zero-order valence-corrected chi connectivity index (χ0v) is 11.9. The Labute approximate surface area is 126 Å². The van der Waals surface area contributed by atoms with Crippen molar-refractivity contribution in [3.05, 3.63) is 53.6 Å². The van der Waals surface area contributed by atoms with Gasteiger partial charge in [0.1, 0.15) is 5.75 Å². The molecule has 1 N–H and O–H groups in total. The Hall–Kier alpha value is -2.60. The van der Waals surface area contributed by atoms with Gasteiger partial charge < -0.3 is 10.1 Å². The highest BCUT2D eigenvalue weighted by molar-refractivity contribution is 6.30. The van der Waals surface area contributed by atoms with Gasteiger partial charge in [0.25, 0.3) is 5.95 Å². The lowest BCUT2D eigenvalue weighted by atomic mass is 10.3. The van der Waals surface area contributed by atoms with E-state index in [1.165, 1.54) is 0 Å². The third-order valence-electron chi connectivity index (χ3n) is 2.87. The summed E-state index contributed by atoms with van der Waals surface area (Å²) in [7, 11) is 1.62. The molecule has 6 nitrogen and oxygen atoms in total. The molecule has 106 valence electrons. The number of halogens is 1. The number of hydrogen-bond donors (Lipinski definition) is 1. The Morgan fingerprint density at radius 1 is 1.14 bits per heavy atom. The smallest absolute Gasteiger partial charge is 0.252 e. The van der Waals surface area contributed by atoms with E-state index in [0.717, 1.165) is 17.1 Å². The van der Waals surface area contributed by atoms with Gasteiger partial charge in [-0.1, -0.05) is 22.8 Å². The Balaban J connectivity index is 1.89. The lowest BCUT2D eigenvalue weighted by molar-refractivity contribution is 0.414. The third kappa shape index (κ3) is 2.95. The first-order chi connectivity index (χ1) is 10.3. The summed E-state index contributed by atoms with van der Waals surface area (Å²) < 4.78 is 6.73. The van der Waals surface area contributed by atoms with Crippen LogP contribution in [0.2, 0.25) is 5.02 Å². The van der Waals surface area contributed by atoms with Crippen LogP contribution in [0.15, 0.2) is 48.5 Å². The fraction of sp³-hybridized carbons (Fsp3) is 0.0714. The quantitative estimate of drug-likeness (QED) is 0.802. The van der Waals surface area contributed by atoms with Gasteiger partial charge in [0, 0.05) is 10.7 Å². The van der Waals surface area contributed by atoms with E-state index in [2.05, 4.69) is 20.8 Å². The summed E-state index contributed by atoms with van der Waals surface area (Å²) in [5, 5.41) is 15.4. The first-order valence-electron chi connectivity index (χ1n) is 6.21. The number of nitrogens with one attached hydrogen (secondary N) is 1. The molecule has 0 unspecified atom stereocenters. The van der Waals surface area contributed by atoms with E-state index in [1.54, 1.807) is 23.9 Å². The average Bonchev–Trinajstić information content (AvgIpc) is 2.95. The van der Waals surface area contributed by atoms with Crippen LogP contribution in [0.5, 0.6) is 5.75 Å². The SMILES string of the molecule is COc1ccc(-n2nnnc2Nc2cccc(Cl)c2)cc1. The van der Waals surface area contributed by atoms with Crippen molar-refractivity contribution in [1.29, 1.82) is 0 Å². The van der Waals surface area contributed by atoms with Crippen molar-refractivity contribution in [1.82, 2.24) is 20.2 Å². The Morgan fingerprint density at radius 3 is 2.67 bits per heavy atom. The van der Waals surface area contributed by atoms with E-state index >= 15 is 0 Å². The molecule has 7 heteroatoms. The molecule has 0 atom stereocenters. The van der Waals surface area contributed by atoms with Crippen LogP contribution in [0.4, 0.5) is 11.6 Å². The van der Waals surface area contributed by atoms with Gasteiger partial charge in [-0.05, 0) is 52.9 Å². The van der Waals surface area contributed by atoms with Crippen molar-refractivity contribution in [2.75, 3.05) is 12.4 Å². The molecular weight excluding hydrogens is 290 g/mol. The third-order valence-corrected chi connectivity index (χ3v) is 3.10. The fourth-order valence-corrected chi connectivity index (χ4v) is 2.05. The molecular formula is C14H12ClN5O. The molecule has 0 saturated heterocycles. The van der Waals surface area contributed by atoms with E-state index < -0.39 is 0 Å². The maximum atomic E-state index is 5.96. The molecule has 0 spiro atoms. The van der Waals surface area contributed by atoms with Gasteiger partial charge in [0.15, 0.2) is 0 Å². The van der Waals surface area contributed by atoms with Gasteiger partial charge >= 0.3 is 0 Å². The second-order valence-electron chi connectivity index (χ2n) is 4.25. The number of benzene rings is 2. The predicted octanol–water partition coefficient (Wildman–Crippen LogP) is 3.07. The van der Waals surface area contributed by atoms with Crippen molar-refractivity contribution in [2.24, 2.45) is 0 Å². The standard InChI is InChI=1S/C14H12ClN5O/c1-21-13-7-5-12(6-8-13)20-14(17-18-19-20)16-11-4-2-3-10(15)9-11/h2-9H,1H3,(H,16,17,19). The summed E-state index contributed by atoms with van der Waals surface area (Å²) in [5.74, 6) is 1.28. The highest BCUT2D eigenvalue weighted by Gasteiger charge is 2.08. The number of aromatic nitrogens is 4. The van der Waals surface area contributed by atoms with Gasteiger partial charge in [-0.2, -0.15) is 4.68 Å². The zero-order valence-electron chi connectivity index (χ0n) is 11.2. The van der Waals surface area contributed by atoms with Crippen molar-refractivity contribution in [3.63, 3.8) is 0 Å². The molecule has 1 heterocycles. The summed E-state index contributed by atoms with van der Waals surface area (Å²) >= 11 is 5.96. The summed E-state index contributed by atoms with van der Waals surface area (Å²) in [6.07, 6.45) is 0. The topological polar surface area (TPSA) is 64.9 Å². The molecule has 3 rings (SSSR count). The van der Waals surface area contributed by atoms with E-state index in [4.69, 9.17) is 16.3 Å². The first kappa shape index (κ1) is 13.4. The Morgan fingerprint density at radius 2 is 1.95 bits per heavy atom. The Bertz CT molecular complexity index is 741. The molecule has 0 saturated carbocycles. The number of ether oxygens (including phenoxy) is 1. The molecule has 0 aliphatic rings. The van der Waals surface area contributed by atoms with E-state index in [0.29, 0.717) is 11.0 Å². The maximum Gasteiger partial charge on any atom is 0.252 e. The van der Waals surface area contributed by atoms with Crippen LogP contribution in [0, 0.1) is 0 Å². The number of methoxy groups -OCH3 is 1. The normalized spacial score (nSPS) is 10.4. The number of tetrazole rings is 1. The minimum Gasteiger partial charge on any atom is -0.497 e. The van der Waals surface area contributed by atoms with Gasteiger partial charge in [-0.15, -0.1) is 0 Å². The molecule has 0 fully saturated rings. The van der Waals surface area contributed by atoms with Crippen LogP contribution >= 0.6 is 11.6 Å². The lowest BCUT2D eigenvalue weighted by Crippen LogP contribution is -2.03. The van der Waals surface area contributed by atoms with Crippen molar-refractivity contribution >= 4 is 23.2 Å². The monoisotopic (exact) mass is 301 g/mol. The molecule has 1 aromatic heterocycles. The predicted molar refractivity (Wildman–Crippen MR) is 80.4 cm³/mol. The second-order valence-corrected chi connectivity index (χ2v) is 4.68. The van der Waals surface area contributed by atoms with E-state index in [-0.39, 0.29) is 0 Å². The van der Waals surface area contributed by atoms with Crippen LogP contribution in [0.25, 0.3) is 5.69 Å².